The fraction of sp³-hybridized carbons (Fsp3) is 0.250. The van der Waals surface area contributed by atoms with Crippen LogP contribution < -0.4 is 4.73 Å². The van der Waals surface area contributed by atoms with Gasteiger partial charge in [-0.1, -0.05) is 0 Å². The van der Waals surface area contributed by atoms with E-state index < -0.39 is 5.97 Å². The van der Waals surface area contributed by atoms with Gasteiger partial charge in [0, 0.05) is 6.07 Å². The molecule has 14 heavy (non-hydrogen) atoms. The van der Waals surface area contributed by atoms with Gasteiger partial charge in [-0.15, -0.1) is 11.6 Å². The van der Waals surface area contributed by atoms with Crippen LogP contribution in [0.1, 0.15) is 16.1 Å². The Hall–Kier alpha value is -1.00. The van der Waals surface area contributed by atoms with Crippen LogP contribution in [0.5, 0.6) is 0 Å². The van der Waals surface area contributed by atoms with Gasteiger partial charge in [0.2, 0.25) is 5.69 Å². The number of nitrogens with zero attached hydrogens (tertiary/aromatic N) is 1. The quantitative estimate of drug-likeness (QED) is 0.257. The molecule has 0 radical (unpaired) electrons. The third-order valence-electron chi connectivity index (χ3n) is 1.67. The van der Waals surface area contributed by atoms with Crippen molar-refractivity contribution >= 4 is 29.2 Å². The van der Waals surface area contributed by atoms with Gasteiger partial charge in [-0.05, 0) is 17.7 Å². The Bertz CT molecular complexity index is 368. The number of halogens is 2. The molecule has 0 saturated heterocycles. The molecule has 1 aromatic rings. The molecule has 0 aliphatic rings. The molecule has 1 aromatic heterocycles. The van der Waals surface area contributed by atoms with E-state index in [-0.39, 0.29) is 22.3 Å². The van der Waals surface area contributed by atoms with Crippen molar-refractivity contribution in [2.24, 2.45) is 0 Å². The van der Waals surface area contributed by atoms with Crippen molar-refractivity contribution in [3.63, 3.8) is 0 Å². The van der Waals surface area contributed by atoms with Gasteiger partial charge in [0.05, 0.1) is 7.11 Å². The predicted molar refractivity (Wildman–Crippen MR) is 51.3 cm³/mol. The zero-order valence-electron chi connectivity index (χ0n) is 7.29. The van der Waals surface area contributed by atoms with Gasteiger partial charge in [-0.2, -0.15) is 4.73 Å². The molecule has 0 fully saturated rings. The summed E-state index contributed by atoms with van der Waals surface area (Å²) in [7, 11) is 1.23. The summed E-state index contributed by atoms with van der Waals surface area (Å²) in [5.41, 5.74) is 0.216. The van der Waals surface area contributed by atoms with Crippen molar-refractivity contribution in [2.45, 2.75) is 5.88 Å². The van der Waals surface area contributed by atoms with Gasteiger partial charge in [0.1, 0.15) is 11.4 Å². The summed E-state index contributed by atoms with van der Waals surface area (Å²) >= 11 is 11.1. The Labute approximate surface area is 90.6 Å². The molecule has 1 heterocycles. The largest absolute Gasteiger partial charge is 0.617 e. The molecular formula is C8H7Cl2NO3. The van der Waals surface area contributed by atoms with Gasteiger partial charge in [-0.25, -0.2) is 4.79 Å². The molecule has 0 aromatic carbocycles. The van der Waals surface area contributed by atoms with Crippen molar-refractivity contribution in [1.29, 1.82) is 0 Å². The number of alkyl halides is 1. The summed E-state index contributed by atoms with van der Waals surface area (Å²) in [4.78, 5) is 11.2. The molecule has 0 atom stereocenters. The Morgan fingerprint density at radius 2 is 2.29 bits per heavy atom. The van der Waals surface area contributed by atoms with Gasteiger partial charge in [0.25, 0.3) is 5.15 Å². The SMILES string of the molecule is COC(=O)c1ccc(Cl)[n+]([O-])c1CCl. The number of hydrogen-bond acceptors (Lipinski definition) is 3. The summed E-state index contributed by atoms with van der Waals surface area (Å²) in [5.74, 6) is -0.712. The van der Waals surface area contributed by atoms with E-state index in [2.05, 4.69) is 4.74 Å². The average molecular weight is 236 g/mol. The van der Waals surface area contributed by atoms with Crippen molar-refractivity contribution in [2.75, 3.05) is 7.11 Å². The highest BCUT2D eigenvalue weighted by atomic mass is 35.5. The minimum absolute atomic E-state index is 0.0340. The number of aromatic nitrogens is 1. The van der Waals surface area contributed by atoms with Crippen LogP contribution >= 0.6 is 23.2 Å². The first-order valence-corrected chi connectivity index (χ1v) is 4.58. The Morgan fingerprint density at radius 3 is 2.79 bits per heavy atom. The summed E-state index contributed by atoms with van der Waals surface area (Å²) in [6.07, 6.45) is 0. The fourth-order valence-corrected chi connectivity index (χ4v) is 1.39. The van der Waals surface area contributed by atoms with Crippen LogP contribution in [0.2, 0.25) is 5.15 Å². The maximum atomic E-state index is 11.3. The van der Waals surface area contributed by atoms with E-state index in [1.165, 1.54) is 19.2 Å². The van der Waals surface area contributed by atoms with Crippen LogP contribution in [0.4, 0.5) is 0 Å². The second kappa shape index (κ2) is 4.48. The Balaban J connectivity index is 3.31. The van der Waals surface area contributed by atoms with Crippen LogP contribution in [0.3, 0.4) is 0 Å². The highest BCUT2D eigenvalue weighted by Crippen LogP contribution is 2.12. The molecule has 1 rings (SSSR count). The van der Waals surface area contributed by atoms with Gasteiger partial charge in [-0.3, -0.25) is 0 Å². The van der Waals surface area contributed by atoms with Crippen molar-refractivity contribution < 1.29 is 14.3 Å². The van der Waals surface area contributed by atoms with Crippen molar-refractivity contribution in [3.8, 4) is 0 Å². The number of pyridine rings is 1. The normalized spacial score (nSPS) is 9.93. The van der Waals surface area contributed by atoms with E-state index in [0.29, 0.717) is 4.73 Å². The molecule has 0 spiro atoms. The molecular weight excluding hydrogens is 229 g/mol. The third kappa shape index (κ3) is 1.91. The third-order valence-corrected chi connectivity index (χ3v) is 2.20. The molecule has 0 N–H and O–H groups in total. The van der Waals surface area contributed by atoms with E-state index in [4.69, 9.17) is 23.2 Å². The number of ether oxygens (including phenoxy) is 1. The van der Waals surface area contributed by atoms with E-state index in [1.54, 1.807) is 0 Å². The average Bonchev–Trinajstić information content (AvgIpc) is 2.20. The molecule has 0 aliphatic carbocycles. The number of rotatable bonds is 2. The molecule has 4 nitrogen and oxygen atoms in total. The molecule has 0 unspecified atom stereocenters. The van der Waals surface area contributed by atoms with Crippen LogP contribution in [0.25, 0.3) is 0 Å². The zero-order valence-corrected chi connectivity index (χ0v) is 8.80. The summed E-state index contributed by atoms with van der Waals surface area (Å²) in [6, 6.07) is 2.72. The maximum Gasteiger partial charge on any atom is 0.344 e. The molecule has 0 bridgehead atoms. The molecule has 0 aliphatic heterocycles. The lowest BCUT2D eigenvalue weighted by atomic mass is 10.2. The maximum absolute atomic E-state index is 11.3. The van der Waals surface area contributed by atoms with Gasteiger partial charge >= 0.3 is 5.97 Å². The molecule has 76 valence electrons. The van der Waals surface area contributed by atoms with Crippen molar-refractivity contribution in [3.05, 3.63) is 33.8 Å². The fourth-order valence-electron chi connectivity index (χ4n) is 0.976. The summed E-state index contributed by atoms with van der Waals surface area (Å²) < 4.78 is 4.88. The summed E-state index contributed by atoms with van der Waals surface area (Å²) in [6.45, 7) is 0. The highest BCUT2D eigenvalue weighted by molar-refractivity contribution is 6.28. The number of carbonyl (C=O) groups is 1. The number of esters is 1. The molecule has 0 saturated carbocycles. The Kier molecular flexibility index (Phi) is 3.55. The lowest BCUT2D eigenvalue weighted by Gasteiger charge is -2.07. The van der Waals surface area contributed by atoms with E-state index >= 15 is 0 Å². The predicted octanol–water partition coefficient (Wildman–Crippen LogP) is 1.50. The first-order valence-electron chi connectivity index (χ1n) is 3.67. The second-order valence-electron chi connectivity index (χ2n) is 2.44. The van der Waals surface area contributed by atoms with E-state index in [9.17, 15) is 10.0 Å². The minimum atomic E-state index is -0.609. The molecule has 6 heteroatoms. The van der Waals surface area contributed by atoms with Crippen molar-refractivity contribution in [1.82, 2.24) is 0 Å². The Morgan fingerprint density at radius 1 is 1.64 bits per heavy atom. The lowest BCUT2D eigenvalue weighted by Crippen LogP contribution is -2.35. The smallest absolute Gasteiger partial charge is 0.344 e. The first kappa shape index (κ1) is 11.1. The van der Waals surface area contributed by atoms with E-state index in [1.807, 2.05) is 0 Å². The topological polar surface area (TPSA) is 53.2 Å². The monoisotopic (exact) mass is 235 g/mol. The second-order valence-corrected chi connectivity index (χ2v) is 3.09. The number of methoxy groups -OCH3 is 1. The zero-order chi connectivity index (χ0) is 10.7. The van der Waals surface area contributed by atoms with E-state index in [0.717, 1.165) is 0 Å². The first-order chi connectivity index (χ1) is 6.61. The lowest BCUT2D eigenvalue weighted by molar-refractivity contribution is -0.610. The van der Waals surface area contributed by atoms with Crippen LogP contribution in [0.15, 0.2) is 12.1 Å². The van der Waals surface area contributed by atoms with Crippen LogP contribution in [-0.2, 0) is 10.6 Å². The van der Waals surface area contributed by atoms with Gasteiger partial charge < -0.3 is 9.94 Å². The highest BCUT2D eigenvalue weighted by Gasteiger charge is 2.20. The summed E-state index contributed by atoms with van der Waals surface area (Å²) in [5, 5.41) is 11.3. The minimum Gasteiger partial charge on any atom is -0.617 e. The van der Waals surface area contributed by atoms with Crippen LogP contribution in [0, 0.1) is 5.21 Å². The number of hydrogen-bond donors (Lipinski definition) is 0. The molecule has 0 amide bonds. The standard InChI is InChI=1S/C8H7Cl2NO3/c1-14-8(12)5-2-3-7(10)11(13)6(5)4-9/h2-3H,4H2,1H3. The van der Waals surface area contributed by atoms with Gasteiger partial charge in [0.15, 0.2) is 0 Å². The number of carbonyl (C=O) groups excluding carboxylic acids is 1. The van der Waals surface area contributed by atoms with Crippen LogP contribution in [-0.4, -0.2) is 13.1 Å².